The van der Waals surface area contributed by atoms with Crippen molar-refractivity contribution >= 4 is 11.8 Å². The Bertz CT molecular complexity index is 848. The van der Waals surface area contributed by atoms with Gasteiger partial charge in [0.1, 0.15) is 11.2 Å². The van der Waals surface area contributed by atoms with Gasteiger partial charge in [0.05, 0.1) is 12.1 Å². The molecule has 2 atom stereocenters. The molecule has 0 aromatic heterocycles. The van der Waals surface area contributed by atoms with Gasteiger partial charge < -0.3 is 9.47 Å². The van der Waals surface area contributed by atoms with E-state index in [0.29, 0.717) is 0 Å². The summed E-state index contributed by atoms with van der Waals surface area (Å²) >= 11 is 0. The molecule has 2 saturated carbocycles. The van der Waals surface area contributed by atoms with E-state index in [2.05, 4.69) is 52.0 Å². The Morgan fingerprint density at radius 1 is 0.676 bits per heavy atom. The van der Waals surface area contributed by atoms with Crippen LogP contribution in [0.15, 0.2) is 34.3 Å². The monoisotopic (exact) mass is 464 g/mol. The summed E-state index contributed by atoms with van der Waals surface area (Å²) in [5.41, 5.74) is 1.57. The van der Waals surface area contributed by atoms with Crippen molar-refractivity contribution in [2.24, 2.45) is 21.8 Å². The van der Waals surface area contributed by atoms with Crippen molar-refractivity contribution in [3.05, 3.63) is 35.4 Å². The second-order valence-corrected chi connectivity index (χ2v) is 12.4. The molecule has 4 heteroatoms. The molecular weight excluding hydrogens is 420 g/mol. The van der Waals surface area contributed by atoms with Gasteiger partial charge in [0.25, 0.3) is 0 Å². The largest absolute Gasteiger partial charge is 0.469 e. The average molecular weight is 465 g/mol. The summed E-state index contributed by atoms with van der Waals surface area (Å²) in [6.07, 6.45) is 16.0. The highest BCUT2D eigenvalue weighted by atomic mass is 16.5. The van der Waals surface area contributed by atoms with E-state index in [1.165, 1.54) is 64.2 Å². The number of rotatable bonds is 6. The van der Waals surface area contributed by atoms with E-state index in [0.717, 1.165) is 47.6 Å². The highest BCUT2D eigenvalue weighted by Crippen LogP contribution is 2.38. The molecule has 0 radical (unpaired) electrons. The van der Waals surface area contributed by atoms with Gasteiger partial charge in [-0.2, -0.15) is 0 Å². The molecule has 0 saturated heterocycles. The highest BCUT2D eigenvalue weighted by Gasteiger charge is 2.42. The van der Waals surface area contributed by atoms with Gasteiger partial charge in [-0.15, -0.1) is 0 Å². The third-order valence-corrected chi connectivity index (χ3v) is 8.79. The van der Waals surface area contributed by atoms with Gasteiger partial charge in [0, 0.05) is 11.1 Å². The van der Waals surface area contributed by atoms with E-state index in [-0.39, 0.29) is 23.3 Å². The van der Waals surface area contributed by atoms with Crippen LogP contribution in [0, 0.1) is 11.8 Å². The van der Waals surface area contributed by atoms with Crippen LogP contribution in [0.1, 0.15) is 116 Å². The van der Waals surface area contributed by atoms with Crippen LogP contribution >= 0.6 is 0 Å². The van der Waals surface area contributed by atoms with Crippen LogP contribution in [0.2, 0.25) is 0 Å². The fourth-order valence-corrected chi connectivity index (χ4v) is 6.48. The van der Waals surface area contributed by atoms with Gasteiger partial charge in [-0.1, -0.05) is 70.3 Å². The van der Waals surface area contributed by atoms with E-state index in [9.17, 15) is 0 Å². The Labute approximate surface area is 206 Å². The molecule has 4 aliphatic rings. The molecule has 1 aromatic rings. The molecule has 1 aromatic carbocycles. The van der Waals surface area contributed by atoms with Crippen LogP contribution in [0.3, 0.4) is 0 Å². The fraction of sp³-hybridized carbons (Fsp3) is 0.733. The fourth-order valence-electron chi connectivity index (χ4n) is 6.48. The highest BCUT2D eigenvalue weighted by molar-refractivity contribution is 6.01. The molecular formula is C30H44N2O2. The second kappa shape index (κ2) is 9.66. The first kappa shape index (κ1) is 23.9. The Kier molecular flexibility index (Phi) is 6.79. The van der Waals surface area contributed by atoms with Gasteiger partial charge in [0.15, 0.2) is 0 Å². The lowest BCUT2D eigenvalue weighted by atomic mass is 9.81. The Hall–Kier alpha value is -1.84. The second-order valence-electron chi connectivity index (χ2n) is 12.4. The standard InChI is InChI=1S/C30H44N2O2/c1-29(2)25(18-21-12-7-5-8-13-21)31-27(33-29)23-16-11-17-24(20-23)28-32-26(30(3,4)34-28)19-22-14-9-6-10-15-22/h11,16-17,20-22,25-26H,5-10,12-15,18-19H2,1-4H3/t25-,26-/m0/s1. The average Bonchev–Trinajstić information content (AvgIpc) is 3.30. The van der Waals surface area contributed by atoms with E-state index >= 15 is 0 Å². The predicted octanol–water partition coefficient (Wildman–Crippen LogP) is 7.48. The molecule has 2 heterocycles. The molecule has 2 aliphatic heterocycles. The van der Waals surface area contributed by atoms with Crippen molar-refractivity contribution in [1.29, 1.82) is 0 Å². The molecule has 2 fully saturated rings. The summed E-state index contributed by atoms with van der Waals surface area (Å²) in [7, 11) is 0. The first-order valence-corrected chi connectivity index (χ1v) is 13.9. The van der Waals surface area contributed by atoms with Crippen molar-refractivity contribution in [2.45, 2.75) is 128 Å². The van der Waals surface area contributed by atoms with E-state index < -0.39 is 0 Å². The molecule has 0 bridgehead atoms. The first-order valence-electron chi connectivity index (χ1n) is 13.9. The van der Waals surface area contributed by atoms with Crippen LogP contribution in [-0.4, -0.2) is 35.1 Å². The lowest BCUT2D eigenvalue weighted by Gasteiger charge is -2.29. The third-order valence-electron chi connectivity index (χ3n) is 8.79. The maximum absolute atomic E-state index is 6.44. The van der Waals surface area contributed by atoms with Crippen molar-refractivity contribution < 1.29 is 9.47 Å². The van der Waals surface area contributed by atoms with Crippen molar-refractivity contribution in [1.82, 2.24) is 0 Å². The SMILES string of the molecule is CC1(C)OC(c2cccc(C3=N[C@@H](CC4CCCCC4)C(C)(C)O3)c2)=N[C@H]1CC1CCCCC1. The summed E-state index contributed by atoms with van der Waals surface area (Å²) in [6, 6.07) is 8.94. The van der Waals surface area contributed by atoms with Gasteiger partial charge in [0.2, 0.25) is 11.8 Å². The summed E-state index contributed by atoms with van der Waals surface area (Å²) in [5, 5.41) is 0. The predicted molar refractivity (Wildman–Crippen MR) is 140 cm³/mol. The smallest absolute Gasteiger partial charge is 0.217 e. The third kappa shape index (κ3) is 5.21. The lowest BCUT2D eigenvalue weighted by molar-refractivity contribution is 0.0845. The zero-order valence-corrected chi connectivity index (χ0v) is 21.8. The van der Waals surface area contributed by atoms with Crippen LogP contribution in [0.4, 0.5) is 0 Å². The van der Waals surface area contributed by atoms with Gasteiger partial charge in [-0.05, 0) is 70.6 Å². The zero-order valence-electron chi connectivity index (χ0n) is 21.8. The normalized spacial score (nSPS) is 29.3. The van der Waals surface area contributed by atoms with Crippen molar-refractivity contribution in [3.63, 3.8) is 0 Å². The summed E-state index contributed by atoms with van der Waals surface area (Å²) in [4.78, 5) is 10.2. The number of hydrogen-bond donors (Lipinski definition) is 0. The molecule has 0 spiro atoms. The van der Waals surface area contributed by atoms with E-state index in [1.54, 1.807) is 0 Å². The Morgan fingerprint density at radius 3 is 1.50 bits per heavy atom. The molecule has 2 aliphatic carbocycles. The number of benzene rings is 1. The van der Waals surface area contributed by atoms with Gasteiger partial charge in [-0.25, -0.2) is 9.98 Å². The minimum Gasteiger partial charge on any atom is -0.469 e. The minimum absolute atomic E-state index is 0.230. The van der Waals surface area contributed by atoms with Crippen LogP contribution in [0.5, 0.6) is 0 Å². The summed E-state index contributed by atoms with van der Waals surface area (Å²) in [5.74, 6) is 3.15. The number of hydrogen-bond acceptors (Lipinski definition) is 4. The number of aliphatic imine (C=N–C) groups is 2. The lowest BCUT2D eigenvalue weighted by Crippen LogP contribution is -2.35. The van der Waals surface area contributed by atoms with Crippen LogP contribution < -0.4 is 0 Å². The summed E-state index contributed by atoms with van der Waals surface area (Å²) in [6.45, 7) is 8.79. The van der Waals surface area contributed by atoms with E-state index in [4.69, 9.17) is 19.5 Å². The molecule has 34 heavy (non-hydrogen) atoms. The minimum atomic E-state index is -0.253. The molecule has 0 N–H and O–H groups in total. The number of nitrogens with zero attached hydrogens (tertiary/aromatic N) is 2. The summed E-state index contributed by atoms with van der Waals surface area (Å²) < 4.78 is 12.9. The first-order chi connectivity index (χ1) is 16.3. The number of ether oxygens (including phenoxy) is 2. The van der Waals surface area contributed by atoms with E-state index in [1.807, 2.05) is 0 Å². The zero-order chi connectivity index (χ0) is 23.8. The molecule has 0 unspecified atom stereocenters. The van der Waals surface area contributed by atoms with Crippen LogP contribution in [-0.2, 0) is 9.47 Å². The van der Waals surface area contributed by atoms with Gasteiger partial charge >= 0.3 is 0 Å². The Balaban J connectivity index is 1.32. The quantitative estimate of drug-likeness (QED) is 0.438. The topological polar surface area (TPSA) is 43.2 Å². The van der Waals surface area contributed by atoms with Crippen molar-refractivity contribution in [2.75, 3.05) is 0 Å². The molecule has 5 rings (SSSR count). The van der Waals surface area contributed by atoms with Crippen molar-refractivity contribution in [3.8, 4) is 0 Å². The van der Waals surface area contributed by atoms with Gasteiger partial charge in [-0.3, -0.25) is 0 Å². The maximum atomic E-state index is 6.44. The molecule has 0 amide bonds. The maximum Gasteiger partial charge on any atom is 0.217 e. The molecule has 4 nitrogen and oxygen atoms in total. The Morgan fingerprint density at radius 2 is 1.09 bits per heavy atom. The molecule has 186 valence electrons. The van der Waals surface area contributed by atoms with Crippen LogP contribution in [0.25, 0.3) is 0 Å².